The van der Waals surface area contributed by atoms with Crippen LogP contribution >= 0.6 is 12.2 Å². The van der Waals surface area contributed by atoms with Crippen molar-refractivity contribution >= 4 is 17.3 Å². The maximum atomic E-state index is 5.63. The van der Waals surface area contributed by atoms with Crippen molar-refractivity contribution in [1.29, 1.82) is 0 Å². The van der Waals surface area contributed by atoms with Gasteiger partial charge in [0.25, 0.3) is 0 Å². The average molecular weight is 343 g/mol. The Morgan fingerprint density at radius 2 is 1.96 bits per heavy atom. The van der Waals surface area contributed by atoms with E-state index in [-0.39, 0.29) is 17.6 Å². The topological polar surface area (TPSA) is 33.1 Å². The number of hydrogen-bond donors (Lipinski definition) is 1. The fourth-order valence-electron chi connectivity index (χ4n) is 3.28. The molecule has 3 rings (SSSR count). The minimum Gasteiger partial charge on any atom is -0.352 e. The second-order valence-electron chi connectivity index (χ2n) is 7.65. The number of hydrogen-bond acceptors (Lipinski definition) is 2. The molecule has 2 aromatic rings. The van der Waals surface area contributed by atoms with Gasteiger partial charge in [-0.15, -0.1) is 0 Å². The minimum atomic E-state index is 0.0634. The normalized spacial score (nSPS) is 21.4. The van der Waals surface area contributed by atoms with E-state index in [9.17, 15) is 0 Å². The molecule has 4 nitrogen and oxygen atoms in total. The van der Waals surface area contributed by atoms with Crippen LogP contribution in [0.25, 0.3) is 0 Å². The van der Waals surface area contributed by atoms with Crippen LogP contribution in [0, 0.1) is 0 Å². The Balaban J connectivity index is 2.04. The molecular formula is C19H26N4S. The fourth-order valence-corrected chi connectivity index (χ4v) is 3.73. The molecule has 0 radical (unpaired) electrons. The van der Waals surface area contributed by atoms with Crippen molar-refractivity contribution in [3.05, 3.63) is 54.1 Å². The summed E-state index contributed by atoms with van der Waals surface area (Å²) in [5, 5.41) is 4.28. The molecule has 1 N–H and O–H groups in total. The molecule has 128 valence electrons. The molecule has 0 aromatic carbocycles. The van der Waals surface area contributed by atoms with Crippen LogP contribution in [-0.2, 0) is 5.54 Å². The molecule has 1 aliphatic heterocycles. The number of rotatable bonds is 3. The zero-order chi connectivity index (χ0) is 17.5. The molecule has 3 heterocycles. The van der Waals surface area contributed by atoms with Crippen molar-refractivity contribution in [1.82, 2.24) is 19.8 Å². The van der Waals surface area contributed by atoms with E-state index in [0.717, 1.165) is 10.8 Å². The minimum absolute atomic E-state index is 0.0634. The molecule has 24 heavy (non-hydrogen) atoms. The van der Waals surface area contributed by atoms with Crippen LogP contribution in [-0.4, -0.2) is 25.6 Å². The first kappa shape index (κ1) is 17.0. The summed E-state index contributed by atoms with van der Waals surface area (Å²) in [6.07, 6.45) is 6.24. The first-order valence-electron chi connectivity index (χ1n) is 8.47. The molecule has 0 spiro atoms. The van der Waals surface area contributed by atoms with E-state index in [1.165, 1.54) is 5.56 Å². The quantitative estimate of drug-likeness (QED) is 0.854. The molecule has 5 heteroatoms. The second-order valence-corrected chi connectivity index (χ2v) is 8.04. The fraction of sp³-hybridized carbons (Fsp3) is 0.474. The Labute approximate surface area is 149 Å². The van der Waals surface area contributed by atoms with Gasteiger partial charge in [0.05, 0.1) is 17.8 Å². The molecule has 1 saturated heterocycles. The molecule has 0 bridgehead atoms. The molecule has 0 aliphatic carbocycles. The molecule has 0 saturated carbocycles. The molecule has 1 fully saturated rings. The highest BCUT2D eigenvalue weighted by Crippen LogP contribution is 2.40. The average Bonchev–Trinajstić information content (AvgIpc) is 3.11. The van der Waals surface area contributed by atoms with Crippen LogP contribution in [0.4, 0.5) is 0 Å². The van der Waals surface area contributed by atoms with Gasteiger partial charge in [0.2, 0.25) is 0 Å². The first-order valence-corrected chi connectivity index (χ1v) is 8.88. The summed E-state index contributed by atoms with van der Waals surface area (Å²) in [7, 11) is 0. The highest BCUT2D eigenvalue weighted by atomic mass is 32.1. The van der Waals surface area contributed by atoms with Gasteiger partial charge < -0.3 is 14.8 Å². The largest absolute Gasteiger partial charge is 0.352 e. The van der Waals surface area contributed by atoms with Gasteiger partial charge in [-0.2, -0.15) is 0 Å². The van der Waals surface area contributed by atoms with Gasteiger partial charge >= 0.3 is 0 Å². The predicted octanol–water partition coefficient (Wildman–Crippen LogP) is 4.02. The van der Waals surface area contributed by atoms with E-state index in [2.05, 4.69) is 78.9 Å². The van der Waals surface area contributed by atoms with Gasteiger partial charge in [-0.3, -0.25) is 4.98 Å². The summed E-state index contributed by atoms with van der Waals surface area (Å²) in [4.78, 5) is 6.85. The molecular weight excluding hydrogens is 316 g/mol. The first-order chi connectivity index (χ1) is 11.3. The lowest BCUT2D eigenvalue weighted by atomic mass is 9.98. The standard InChI is InChI=1S/C19H26N4S/c1-13(2)23-17(14-9-11-22(12-14)19(3,4)5)16(21-18(23)24)15-8-6-7-10-20-15/h6-13,16-17H,1-5H3,(H,21,24)/t16-,17-/m0/s1. The SMILES string of the molecule is CC(C)N1C(=S)N[C@@H](c2ccccn2)[C@@H]1c1ccn(C(C)(C)C)c1. The number of aromatic nitrogens is 2. The molecule has 2 atom stereocenters. The van der Waals surface area contributed by atoms with E-state index in [0.29, 0.717) is 6.04 Å². The summed E-state index contributed by atoms with van der Waals surface area (Å²) in [5.41, 5.74) is 2.35. The van der Waals surface area contributed by atoms with Crippen LogP contribution in [0.2, 0.25) is 0 Å². The zero-order valence-corrected chi connectivity index (χ0v) is 15.8. The Morgan fingerprint density at radius 1 is 1.21 bits per heavy atom. The third kappa shape index (κ3) is 3.05. The summed E-state index contributed by atoms with van der Waals surface area (Å²) in [6, 6.07) is 8.79. The monoisotopic (exact) mass is 342 g/mol. The van der Waals surface area contributed by atoms with Crippen molar-refractivity contribution in [3.63, 3.8) is 0 Å². The Hall–Kier alpha value is -1.88. The third-order valence-corrected chi connectivity index (χ3v) is 4.85. The highest BCUT2D eigenvalue weighted by Gasteiger charge is 2.41. The maximum Gasteiger partial charge on any atom is 0.170 e. The lowest BCUT2D eigenvalue weighted by Gasteiger charge is -2.30. The number of nitrogens with zero attached hydrogens (tertiary/aromatic N) is 3. The van der Waals surface area contributed by atoms with Crippen molar-refractivity contribution in [2.24, 2.45) is 0 Å². The van der Waals surface area contributed by atoms with Gasteiger partial charge in [-0.1, -0.05) is 6.07 Å². The Kier molecular flexibility index (Phi) is 4.38. The zero-order valence-electron chi connectivity index (χ0n) is 15.0. The molecule has 2 aromatic heterocycles. The molecule has 0 unspecified atom stereocenters. The Bertz CT molecular complexity index is 714. The lowest BCUT2D eigenvalue weighted by molar-refractivity contribution is 0.269. The third-order valence-electron chi connectivity index (χ3n) is 4.52. The van der Waals surface area contributed by atoms with Gasteiger partial charge in [-0.05, 0) is 70.6 Å². The Morgan fingerprint density at radius 3 is 2.50 bits per heavy atom. The van der Waals surface area contributed by atoms with Crippen molar-refractivity contribution in [2.75, 3.05) is 0 Å². The van der Waals surface area contributed by atoms with Crippen LogP contribution in [0.1, 0.15) is 58.0 Å². The number of nitrogens with one attached hydrogen (secondary N) is 1. The summed E-state index contributed by atoms with van der Waals surface area (Å²) < 4.78 is 2.26. The van der Waals surface area contributed by atoms with Crippen molar-refractivity contribution < 1.29 is 0 Å². The van der Waals surface area contributed by atoms with Crippen LogP contribution in [0.15, 0.2) is 42.9 Å². The van der Waals surface area contributed by atoms with Gasteiger partial charge in [0.15, 0.2) is 5.11 Å². The van der Waals surface area contributed by atoms with Crippen LogP contribution in [0.5, 0.6) is 0 Å². The number of thiocarbonyl (C=S) groups is 1. The van der Waals surface area contributed by atoms with Crippen molar-refractivity contribution in [2.45, 2.75) is 58.3 Å². The molecule has 1 aliphatic rings. The molecule has 0 amide bonds. The number of pyridine rings is 1. The van der Waals surface area contributed by atoms with E-state index < -0.39 is 0 Å². The van der Waals surface area contributed by atoms with Crippen molar-refractivity contribution in [3.8, 4) is 0 Å². The van der Waals surface area contributed by atoms with Gasteiger partial charge in [0, 0.05) is 30.2 Å². The van der Waals surface area contributed by atoms with E-state index in [1.54, 1.807) is 0 Å². The summed E-state index contributed by atoms with van der Waals surface area (Å²) in [6.45, 7) is 11.0. The van der Waals surface area contributed by atoms with Gasteiger partial charge in [-0.25, -0.2) is 0 Å². The smallest absolute Gasteiger partial charge is 0.170 e. The summed E-state index contributed by atoms with van der Waals surface area (Å²) in [5.74, 6) is 0. The lowest BCUT2D eigenvalue weighted by Crippen LogP contribution is -2.35. The van der Waals surface area contributed by atoms with Crippen LogP contribution in [0.3, 0.4) is 0 Å². The summed E-state index contributed by atoms with van der Waals surface area (Å²) >= 11 is 5.63. The second kappa shape index (κ2) is 6.20. The van der Waals surface area contributed by atoms with Crippen LogP contribution < -0.4 is 5.32 Å². The predicted molar refractivity (Wildman–Crippen MR) is 102 cm³/mol. The maximum absolute atomic E-state index is 5.63. The van der Waals surface area contributed by atoms with E-state index in [4.69, 9.17) is 12.2 Å². The van der Waals surface area contributed by atoms with E-state index >= 15 is 0 Å². The van der Waals surface area contributed by atoms with Gasteiger partial charge in [0.1, 0.15) is 0 Å². The highest BCUT2D eigenvalue weighted by molar-refractivity contribution is 7.80. The van der Waals surface area contributed by atoms with E-state index in [1.807, 2.05) is 18.3 Å².